The van der Waals surface area contributed by atoms with Gasteiger partial charge in [-0.25, -0.2) is 0 Å². The monoisotopic (exact) mass is 266 g/mol. The molecule has 0 aliphatic carbocycles. The Hall–Kier alpha value is 0.500. The van der Waals surface area contributed by atoms with Crippen LogP contribution in [0.1, 0.15) is 38.5 Å². The van der Waals surface area contributed by atoms with E-state index in [-0.39, 0.29) is 12.4 Å². The molecular formula is C12H24Cl2N2. The molecule has 4 heteroatoms. The Balaban J connectivity index is 0.00000128. The largest absolute Gasteiger partial charge is 0.287 e. The summed E-state index contributed by atoms with van der Waals surface area (Å²) in [4.78, 5) is 5.20. The maximum absolute atomic E-state index is 6.15. The standard InChI is InChI=1S/C12H23ClN2.ClH/c13-11-12(14-7-3-1-4-8-14)15-9-5-2-6-10-15;/h12H,1-11H2;1H. The predicted octanol–water partition coefficient (Wildman–Crippen LogP) is 2.94. The molecule has 2 saturated heterocycles. The van der Waals surface area contributed by atoms with E-state index in [1.165, 1.54) is 64.7 Å². The van der Waals surface area contributed by atoms with Crippen molar-refractivity contribution >= 4 is 24.0 Å². The first-order chi connectivity index (χ1) is 7.42. The van der Waals surface area contributed by atoms with Crippen LogP contribution in [-0.2, 0) is 0 Å². The van der Waals surface area contributed by atoms with Crippen molar-refractivity contribution in [2.75, 3.05) is 32.1 Å². The van der Waals surface area contributed by atoms with Crippen LogP contribution in [0.3, 0.4) is 0 Å². The molecule has 2 heterocycles. The number of piperidine rings is 2. The van der Waals surface area contributed by atoms with Crippen molar-refractivity contribution in [3.05, 3.63) is 0 Å². The second-order valence-corrected chi connectivity index (χ2v) is 5.14. The summed E-state index contributed by atoms with van der Waals surface area (Å²) >= 11 is 6.15. The Morgan fingerprint density at radius 3 is 1.44 bits per heavy atom. The van der Waals surface area contributed by atoms with Gasteiger partial charge in [0, 0.05) is 0 Å². The van der Waals surface area contributed by atoms with E-state index in [4.69, 9.17) is 11.6 Å². The molecule has 0 spiro atoms. The van der Waals surface area contributed by atoms with Crippen molar-refractivity contribution in [3.8, 4) is 0 Å². The highest BCUT2D eigenvalue weighted by atomic mass is 35.5. The summed E-state index contributed by atoms with van der Waals surface area (Å²) in [6.45, 7) is 5.03. The molecule has 0 saturated carbocycles. The van der Waals surface area contributed by atoms with Gasteiger partial charge in [-0.15, -0.1) is 24.0 Å². The van der Waals surface area contributed by atoms with E-state index in [1.807, 2.05) is 0 Å². The molecule has 16 heavy (non-hydrogen) atoms. The van der Waals surface area contributed by atoms with Crippen LogP contribution in [-0.4, -0.2) is 48.0 Å². The Bertz CT molecular complexity index is 160. The molecule has 2 fully saturated rings. The Morgan fingerprint density at radius 1 is 0.750 bits per heavy atom. The van der Waals surface area contributed by atoms with Crippen LogP contribution < -0.4 is 0 Å². The number of likely N-dealkylation sites (tertiary alicyclic amines) is 2. The molecule has 2 aliphatic heterocycles. The number of alkyl halides is 1. The van der Waals surface area contributed by atoms with Gasteiger partial charge >= 0.3 is 0 Å². The van der Waals surface area contributed by atoms with Crippen molar-refractivity contribution in [1.29, 1.82) is 0 Å². The Morgan fingerprint density at radius 2 is 1.12 bits per heavy atom. The summed E-state index contributed by atoms with van der Waals surface area (Å²) < 4.78 is 0. The zero-order chi connectivity index (χ0) is 10.5. The van der Waals surface area contributed by atoms with Gasteiger partial charge < -0.3 is 0 Å². The minimum absolute atomic E-state index is 0. The molecule has 2 rings (SSSR count). The molecule has 0 radical (unpaired) electrons. The fraction of sp³-hybridized carbons (Fsp3) is 1.00. The van der Waals surface area contributed by atoms with Gasteiger partial charge in [0.25, 0.3) is 0 Å². The first-order valence-corrected chi connectivity index (χ1v) is 6.99. The average molecular weight is 267 g/mol. The Kier molecular flexibility index (Phi) is 7.06. The maximum atomic E-state index is 6.15. The molecule has 0 N–H and O–H groups in total. The summed E-state index contributed by atoms with van der Waals surface area (Å²) in [7, 11) is 0. The lowest BCUT2D eigenvalue weighted by molar-refractivity contribution is 0.0315. The van der Waals surface area contributed by atoms with Crippen LogP contribution >= 0.6 is 24.0 Å². The van der Waals surface area contributed by atoms with E-state index in [9.17, 15) is 0 Å². The normalized spacial score (nSPS) is 24.4. The van der Waals surface area contributed by atoms with E-state index in [0.29, 0.717) is 6.17 Å². The minimum Gasteiger partial charge on any atom is -0.287 e. The molecule has 0 aromatic heterocycles. The fourth-order valence-electron chi connectivity index (χ4n) is 2.86. The average Bonchev–Trinajstić information content (AvgIpc) is 2.33. The molecular weight excluding hydrogens is 243 g/mol. The molecule has 2 aliphatic rings. The number of rotatable bonds is 3. The SMILES string of the molecule is Cl.ClCC(N1CCCCC1)N1CCCCC1. The van der Waals surface area contributed by atoms with Gasteiger partial charge in [0.15, 0.2) is 0 Å². The smallest absolute Gasteiger partial charge is 0.0761 e. The van der Waals surface area contributed by atoms with Crippen molar-refractivity contribution in [3.63, 3.8) is 0 Å². The zero-order valence-electron chi connectivity index (χ0n) is 10.0. The van der Waals surface area contributed by atoms with Crippen LogP contribution in [0.5, 0.6) is 0 Å². The van der Waals surface area contributed by atoms with Crippen molar-refractivity contribution in [1.82, 2.24) is 9.80 Å². The number of halogens is 2. The maximum Gasteiger partial charge on any atom is 0.0761 e. The van der Waals surface area contributed by atoms with Crippen molar-refractivity contribution in [2.24, 2.45) is 0 Å². The summed E-state index contributed by atoms with van der Waals surface area (Å²) in [5.41, 5.74) is 0. The van der Waals surface area contributed by atoms with Crippen LogP contribution in [0.25, 0.3) is 0 Å². The van der Waals surface area contributed by atoms with Gasteiger partial charge in [0.05, 0.1) is 12.0 Å². The van der Waals surface area contributed by atoms with Crippen molar-refractivity contribution < 1.29 is 0 Å². The highest BCUT2D eigenvalue weighted by molar-refractivity contribution is 6.18. The second-order valence-electron chi connectivity index (χ2n) is 4.83. The first kappa shape index (κ1) is 14.6. The van der Waals surface area contributed by atoms with Crippen LogP contribution in [0.4, 0.5) is 0 Å². The molecule has 0 atom stereocenters. The van der Waals surface area contributed by atoms with Gasteiger partial charge in [0.2, 0.25) is 0 Å². The number of nitrogens with zero attached hydrogens (tertiary/aromatic N) is 2. The molecule has 0 amide bonds. The number of hydrogen-bond donors (Lipinski definition) is 0. The van der Waals surface area contributed by atoms with Crippen LogP contribution in [0.2, 0.25) is 0 Å². The molecule has 96 valence electrons. The number of hydrogen-bond acceptors (Lipinski definition) is 2. The van der Waals surface area contributed by atoms with Gasteiger partial charge in [-0.1, -0.05) is 12.8 Å². The quantitative estimate of drug-likeness (QED) is 0.725. The predicted molar refractivity (Wildman–Crippen MR) is 72.6 cm³/mol. The zero-order valence-corrected chi connectivity index (χ0v) is 11.6. The topological polar surface area (TPSA) is 6.48 Å². The molecule has 0 aromatic carbocycles. The summed E-state index contributed by atoms with van der Waals surface area (Å²) in [5.74, 6) is 0.778. The van der Waals surface area contributed by atoms with Gasteiger partial charge in [0.1, 0.15) is 0 Å². The first-order valence-electron chi connectivity index (χ1n) is 6.46. The van der Waals surface area contributed by atoms with Crippen LogP contribution in [0.15, 0.2) is 0 Å². The summed E-state index contributed by atoms with van der Waals surface area (Å²) in [6.07, 6.45) is 8.79. The van der Waals surface area contributed by atoms with Crippen molar-refractivity contribution in [2.45, 2.75) is 44.7 Å². The lowest BCUT2D eigenvalue weighted by Gasteiger charge is -2.42. The van der Waals surface area contributed by atoms with E-state index in [2.05, 4.69) is 9.80 Å². The van der Waals surface area contributed by atoms with E-state index < -0.39 is 0 Å². The third-order valence-corrected chi connectivity index (χ3v) is 4.04. The highest BCUT2D eigenvalue weighted by Gasteiger charge is 2.26. The molecule has 0 bridgehead atoms. The molecule has 0 unspecified atom stereocenters. The fourth-order valence-corrected chi connectivity index (χ4v) is 3.25. The van der Waals surface area contributed by atoms with E-state index in [1.54, 1.807) is 0 Å². The molecule has 0 aromatic rings. The van der Waals surface area contributed by atoms with E-state index >= 15 is 0 Å². The molecule has 2 nitrogen and oxygen atoms in total. The lowest BCUT2D eigenvalue weighted by Crippen LogP contribution is -2.52. The minimum atomic E-state index is 0. The second kappa shape index (κ2) is 7.75. The summed E-state index contributed by atoms with van der Waals surface area (Å²) in [5, 5.41) is 0. The van der Waals surface area contributed by atoms with Gasteiger partial charge in [-0.2, -0.15) is 0 Å². The van der Waals surface area contributed by atoms with E-state index in [0.717, 1.165) is 5.88 Å². The lowest BCUT2D eigenvalue weighted by atomic mass is 10.1. The third-order valence-electron chi connectivity index (χ3n) is 3.76. The summed E-state index contributed by atoms with van der Waals surface area (Å²) in [6, 6.07) is 0. The Labute approximate surface area is 111 Å². The van der Waals surface area contributed by atoms with Crippen LogP contribution in [0, 0.1) is 0 Å². The third kappa shape index (κ3) is 3.76. The van der Waals surface area contributed by atoms with Gasteiger partial charge in [-0.3, -0.25) is 9.80 Å². The highest BCUT2D eigenvalue weighted by Crippen LogP contribution is 2.19. The van der Waals surface area contributed by atoms with Gasteiger partial charge in [-0.05, 0) is 51.9 Å².